The molecule has 0 aliphatic heterocycles. The van der Waals surface area contributed by atoms with Crippen LogP contribution in [0.4, 0.5) is 4.39 Å². The van der Waals surface area contributed by atoms with Crippen LogP contribution in [0.3, 0.4) is 0 Å². The molecule has 4 heteroatoms. The van der Waals surface area contributed by atoms with Crippen LogP contribution in [-0.2, 0) is 6.42 Å². The van der Waals surface area contributed by atoms with Gasteiger partial charge in [0, 0.05) is 13.0 Å². The van der Waals surface area contributed by atoms with Crippen molar-refractivity contribution in [2.75, 3.05) is 13.6 Å². The summed E-state index contributed by atoms with van der Waals surface area (Å²) in [7, 11) is 1.78. The number of para-hydroxylation sites is 1. The Labute approximate surface area is 123 Å². The van der Waals surface area contributed by atoms with Gasteiger partial charge in [0.2, 0.25) is 0 Å². The molecule has 1 aliphatic carbocycles. The molecular formula is C17H18FNO2. The average Bonchev–Trinajstić information content (AvgIpc) is 2.74. The van der Waals surface area contributed by atoms with Crippen molar-refractivity contribution < 1.29 is 14.2 Å². The summed E-state index contributed by atoms with van der Waals surface area (Å²) in [4.78, 5) is 0. The Hall–Kier alpha value is -1.91. The van der Waals surface area contributed by atoms with Crippen molar-refractivity contribution >= 4 is 0 Å². The number of halogens is 1. The van der Waals surface area contributed by atoms with E-state index in [2.05, 4.69) is 5.32 Å². The van der Waals surface area contributed by atoms with Gasteiger partial charge in [-0.15, -0.1) is 0 Å². The zero-order valence-corrected chi connectivity index (χ0v) is 11.8. The minimum Gasteiger partial charge on any atom is -0.480 e. The van der Waals surface area contributed by atoms with Gasteiger partial charge >= 0.3 is 0 Å². The Morgan fingerprint density at radius 2 is 1.95 bits per heavy atom. The van der Waals surface area contributed by atoms with Crippen LogP contribution < -0.4 is 10.1 Å². The van der Waals surface area contributed by atoms with E-state index in [-0.39, 0.29) is 5.75 Å². The molecule has 0 unspecified atom stereocenters. The minimum absolute atomic E-state index is 0.161. The van der Waals surface area contributed by atoms with Gasteiger partial charge in [0.1, 0.15) is 5.60 Å². The van der Waals surface area contributed by atoms with Crippen LogP contribution in [0, 0.1) is 5.82 Å². The SMILES string of the molecule is CNC[C@@]1(O)Cc2ccccc2[C@H]1Oc1ccccc1F. The van der Waals surface area contributed by atoms with E-state index in [0.717, 1.165) is 11.1 Å². The third-order valence-electron chi connectivity index (χ3n) is 3.89. The number of fused-ring (bicyclic) bond motifs is 1. The van der Waals surface area contributed by atoms with E-state index >= 15 is 0 Å². The first-order valence-electron chi connectivity index (χ1n) is 7.00. The van der Waals surface area contributed by atoms with E-state index < -0.39 is 17.5 Å². The normalized spacial score (nSPS) is 23.9. The second-order valence-corrected chi connectivity index (χ2v) is 5.44. The van der Waals surface area contributed by atoms with Crippen molar-refractivity contribution in [3.63, 3.8) is 0 Å². The van der Waals surface area contributed by atoms with Gasteiger partial charge in [-0.1, -0.05) is 36.4 Å². The second kappa shape index (κ2) is 5.47. The lowest BCUT2D eigenvalue weighted by Gasteiger charge is -2.30. The van der Waals surface area contributed by atoms with E-state index in [1.54, 1.807) is 25.2 Å². The van der Waals surface area contributed by atoms with Crippen LogP contribution in [0.5, 0.6) is 5.75 Å². The summed E-state index contributed by atoms with van der Waals surface area (Å²) in [6.45, 7) is 0.376. The Morgan fingerprint density at radius 1 is 1.24 bits per heavy atom. The molecule has 110 valence electrons. The van der Waals surface area contributed by atoms with Gasteiger partial charge in [-0.2, -0.15) is 0 Å². The molecule has 0 aromatic heterocycles. The van der Waals surface area contributed by atoms with E-state index in [4.69, 9.17) is 4.74 Å². The van der Waals surface area contributed by atoms with Crippen LogP contribution in [0.1, 0.15) is 17.2 Å². The van der Waals surface area contributed by atoms with Crippen molar-refractivity contribution in [1.29, 1.82) is 0 Å². The van der Waals surface area contributed by atoms with Crippen molar-refractivity contribution in [1.82, 2.24) is 5.32 Å². The first-order valence-corrected chi connectivity index (χ1v) is 7.00. The van der Waals surface area contributed by atoms with Gasteiger partial charge in [-0.3, -0.25) is 0 Å². The summed E-state index contributed by atoms with van der Waals surface area (Å²) in [5.74, 6) is -0.262. The maximum absolute atomic E-state index is 13.8. The number of hydrogen-bond acceptors (Lipinski definition) is 3. The maximum atomic E-state index is 13.8. The summed E-state index contributed by atoms with van der Waals surface area (Å²) in [6, 6.07) is 14.0. The number of hydrogen-bond donors (Lipinski definition) is 2. The highest BCUT2D eigenvalue weighted by molar-refractivity contribution is 5.40. The highest BCUT2D eigenvalue weighted by Gasteiger charge is 2.46. The summed E-state index contributed by atoms with van der Waals surface area (Å²) in [5, 5.41) is 13.9. The predicted octanol–water partition coefficient (Wildman–Crippen LogP) is 2.45. The summed E-state index contributed by atoms with van der Waals surface area (Å²) in [5.41, 5.74) is 0.871. The summed E-state index contributed by atoms with van der Waals surface area (Å²) < 4.78 is 19.7. The lowest BCUT2D eigenvalue weighted by Crippen LogP contribution is -2.45. The topological polar surface area (TPSA) is 41.5 Å². The Balaban J connectivity index is 1.98. The molecule has 0 heterocycles. The maximum Gasteiger partial charge on any atom is 0.165 e. The Bertz CT molecular complexity index is 646. The average molecular weight is 287 g/mol. The predicted molar refractivity (Wildman–Crippen MR) is 78.8 cm³/mol. The highest BCUT2D eigenvalue weighted by atomic mass is 19.1. The van der Waals surface area contributed by atoms with Gasteiger partial charge < -0.3 is 15.2 Å². The molecule has 0 radical (unpaired) electrons. The standard InChI is InChI=1S/C17H18FNO2/c1-19-11-17(20)10-12-6-2-3-7-13(12)16(17)21-15-9-5-4-8-14(15)18/h2-9,16,19-20H,10-11H2,1H3/t16-,17+/m1/s1. The molecule has 0 fully saturated rings. The van der Waals surface area contributed by atoms with E-state index in [0.29, 0.717) is 13.0 Å². The molecule has 0 amide bonds. The first-order chi connectivity index (χ1) is 10.1. The lowest BCUT2D eigenvalue weighted by atomic mass is 9.97. The lowest BCUT2D eigenvalue weighted by molar-refractivity contribution is -0.0496. The molecule has 0 saturated heterocycles. The zero-order chi connectivity index (χ0) is 14.9. The molecule has 0 bridgehead atoms. The molecule has 3 nitrogen and oxygen atoms in total. The number of likely N-dealkylation sites (N-methyl/N-ethyl adjacent to an activating group) is 1. The molecule has 2 atom stereocenters. The fourth-order valence-corrected chi connectivity index (χ4v) is 2.96. The van der Waals surface area contributed by atoms with Crippen LogP contribution >= 0.6 is 0 Å². The van der Waals surface area contributed by atoms with Gasteiger partial charge in [-0.05, 0) is 30.3 Å². The van der Waals surface area contributed by atoms with Crippen LogP contribution in [-0.4, -0.2) is 24.3 Å². The second-order valence-electron chi connectivity index (χ2n) is 5.44. The smallest absolute Gasteiger partial charge is 0.165 e. The monoisotopic (exact) mass is 287 g/mol. The van der Waals surface area contributed by atoms with Crippen molar-refractivity contribution in [3.8, 4) is 5.75 Å². The third-order valence-corrected chi connectivity index (χ3v) is 3.89. The van der Waals surface area contributed by atoms with Crippen LogP contribution in [0.2, 0.25) is 0 Å². The molecule has 2 aromatic carbocycles. The van der Waals surface area contributed by atoms with Crippen molar-refractivity contribution in [2.45, 2.75) is 18.1 Å². The van der Waals surface area contributed by atoms with Gasteiger partial charge in [0.25, 0.3) is 0 Å². The molecule has 3 rings (SSSR count). The number of nitrogens with one attached hydrogen (secondary N) is 1. The summed E-state index contributed by atoms with van der Waals surface area (Å²) in [6.07, 6.45) is -0.0959. The highest BCUT2D eigenvalue weighted by Crippen LogP contribution is 2.42. The quantitative estimate of drug-likeness (QED) is 0.907. The van der Waals surface area contributed by atoms with Crippen LogP contribution in [0.25, 0.3) is 0 Å². The molecule has 21 heavy (non-hydrogen) atoms. The fraction of sp³-hybridized carbons (Fsp3) is 0.294. The van der Waals surface area contributed by atoms with Gasteiger partial charge in [-0.25, -0.2) is 4.39 Å². The number of benzene rings is 2. The van der Waals surface area contributed by atoms with Crippen molar-refractivity contribution in [3.05, 3.63) is 65.5 Å². The molecule has 0 spiro atoms. The minimum atomic E-state index is -1.08. The van der Waals surface area contributed by atoms with E-state index in [1.807, 2.05) is 24.3 Å². The summed E-state index contributed by atoms with van der Waals surface area (Å²) >= 11 is 0. The number of aliphatic hydroxyl groups is 1. The number of ether oxygens (including phenoxy) is 1. The van der Waals surface area contributed by atoms with Gasteiger partial charge in [0.15, 0.2) is 17.7 Å². The van der Waals surface area contributed by atoms with Crippen LogP contribution in [0.15, 0.2) is 48.5 Å². The molecule has 2 aromatic rings. The molecule has 0 saturated carbocycles. The molecular weight excluding hydrogens is 269 g/mol. The Kier molecular flexibility index (Phi) is 3.66. The first kappa shape index (κ1) is 14.0. The van der Waals surface area contributed by atoms with Crippen molar-refractivity contribution in [2.24, 2.45) is 0 Å². The third kappa shape index (κ3) is 2.52. The molecule has 2 N–H and O–H groups in total. The zero-order valence-electron chi connectivity index (χ0n) is 11.8. The fourth-order valence-electron chi connectivity index (χ4n) is 2.96. The Morgan fingerprint density at radius 3 is 2.71 bits per heavy atom. The largest absolute Gasteiger partial charge is 0.480 e. The number of rotatable bonds is 4. The van der Waals surface area contributed by atoms with Gasteiger partial charge in [0.05, 0.1) is 0 Å². The van der Waals surface area contributed by atoms with E-state index in [9.17, 15) is 9.50 Å². The van der Waals surface area contributed by atoms with E-state index in [1.165, 1.54) is 6.07 Å². The molecule has 1 aliphatic rings.